The first kappa shape index (κ1) is 17.6. The molecule has 0 spiro atoms. The standard InChI is InChI=1S/C15H24BF3NO2/c1-3-5-6-11(4-2)12(21)22-14-9-13(14,7-8-20-10-14)16-15(17,18)19/h11,20H,3-10H2,1-2H3. The van der Waals surface area contributed by atoms with Gasteiger partial charge in [0.2, 0.25) is 0 Å². The zero-order valence-electron chi connectivity index (χ0n) is 13.3. The monoisotopic (exact) mass is 318 g/mol. The molecule has 0 aromatic heterocycles. The Labute approximate surface area is 130 Å². The fraction of sp³-hybridized carbons (Fsp3) is 0.933. The van der Waals surface area contributed by atoms with Gasteiger partial charge < -0.3 is 10.1 Å². The van der Waals surface area contributed by atoms with Crippen molar-refractivity contribution in [2.75, 3.05) is 13.1 Å². The summed E-state index contributed by atoms with van der Waals surface area (Å²) in [6.07, 6.45) is -0.365. The molecule has 1 aliphatic heterocycles. The summed E-state index contributed by atoms with van der Waals surface area (Å²) in [6.45, 7) is 4.81. The summed E-state index contributed by atoms with van der Waals surface area (Å²) in [5.41, 5.74) is -0.989. The van der Waals surface area contributed by atoms with Gasteiger partial charge in [0, 0.05) is 6.54 Å². The van der Waals surface area contributed by atoms with Crippen LogP contribution in [0, 0.1) is 5.92 Å². The van der Waals surface area contributed by atoms with E-state index < -0.39 is 17.0 Å². The Morgan fingerprint density at radius 1 is 1.41 bits per heavy atom. The van der Waals surface area contributed by atoms with Gasteiger partial charge >= 0.3 is 12.0 Å². The zero-order chi connectivity index (χ0) is 16.4. The van der Waals surface area contributed by atoms with E-state index in [1.54, 1.807) is 0 Å². The van der Waals surface area contributed by atoms with E-state index >= 15 is 0 Å². The highest BCUT2D eigenvalue weighted by Crippen LogP contribution is 2.69. The molecule has 2 rings (SSSR count). The van der Waals surface area contributed by atoms with E-state index in [4.69, 9.17) is 4.74 Å². The molecule has 22 heavy (non-hydrogen) atoms. The van der Waals surface area contributed by atoms with Crippen LogP contribution >= 0.6 is 0 Å². The van der Waals surface area contributed by atoms with Crippen LogP contribution in [0.4, 0.5) is 13.2 Å². The molecule has 3 nitrogen and oxygen atoms in total. The highest BCUT2D eigenvalue weighted by atomic mass is 19.4. The fourth-order valence-electron chi connectivity index (χ4n) is 3.58. The summed E-state index contributed by atoms with van der Waals surface area (Å²) in [4.78, 5) is 12.3. The molecule has 2 aliphatic rings. The molecule has 0 aromatic rings. The van der Waals surface area contributed by atoms with E-state index in [1.807, 2.05) is 13.8 Å². The molecular formula is C15H24BF3NO2. The van der Waals surface area contributed by atoms with Crippen LogP contribution in [-0.4, -0.2) is 38.0 Å². The maximum atomic E-state index is 12.8. The fourth-order valence-corrected chi connectivity index (χ4v) is 3.58. The van der Waals surface area contributed by atoms with Crippen molar-refractivity contribution in [2.24, 2.45) is 5.92 Å². The Hall–Kier alpha value is -0.715. The molecule has 125 valence electrons. The quantitative estimate of drug-likeness (QED) is 0.578. The second kappa shape index (κ2) is 6.42. The number of hydrogen-bond donors (Lipinski definition) is 1. The number of nitrogens with one attached hydrogen (secondary N) is 1. The van der Waals surface area contributed by atoms with Crippen LogP contribution in [0.25, 0.3) is 0 Å². The number of alkyl halides is 3. The van der Waals surface area contributed by atoms with Crippen molar-refractivity contribution in [2.45, 2.75) is 69.4 Å². The van der Waals surface area contributed by atoms with Gasteiger partial charge in [-0.3, -0.25) is 4.79 Å². The number of hydrogen-bond acceptors (Lipinski definition) is 3. The van der Waals surface area contributed by atoms with Crippen LogP contribution in [0.15, 0.2) is 0 Å². The predicted octanol–water partition coefficient (Wildman–Crippen LogP) is 3.26. The molecule has 0 bridgehead atoms. The van der Waals surface area contributed by atoms with Crippen molar-refractivity contribution in [1.82, 2.24) is 5.32 Å². The first-order valence-electron chi connectivity index (χ1n) is 8.15. The first-order valence-corrected chi connectivity index (χ1v) is 8.15. The maximum absolute atomic E-state index is 12.8. The molecule has 1 heterocycles. The van der Waals surface area contributed by atoms with E-state index in [0.717, 1.165) is 19.3 Å². The zero-order valence-corrected chi connectivity index (χ0v) is 13.3. The van der Waals surface area contributed by atoms with Gasteiger partial charge in [-0.25, -0.2) is 0 Å². The minimum atomic E-state index is -4.34. The number of fused-ring (bicyclic) bond motifs is 1. The lowest BCUT2D eigenvalue weighted by Crippen LogP contribution is -2.46. The molecule has 0 amide bonds. The number of unbranched alkanes of at least 4 members (excludes halogenated alkanes) is 1. The van der Waals surface area contributed by atoms with Crippen LogP contribution in [-0.2, 0) is 9.53 Å². The molecule has 2 fully saturated rings. The van der Waals surface area contributed by atoms with Crippen LogP contribution < -0.4 is 5.32 Å². The van der Waals surface area contributed by atoms with E-state index in [9.17, 15) is 18.0 Å². The minimum absolute atomic E-state index is 0.208. The SMILES string of the molecule is CCCCC(CC)C(=O)OC12CNCCC1([B]C(F)(F)F)C2. The Morgan fingerprint density at radius 3 is 2.73 bits per heavy atom. The smallest absolute Gasteiger partial charge is 0.339 e. The molecular weight excluding hydrogens is 294 g/mol. The first-order chi connectivity index (χ1) is 10.3. The summed E-state index contributed by atoms with van der Waals surface area (Å²) in [5.74, 6) is -0.544. The number of ether oxygens (including phenoxy) is 1. The van der Waals surface area contributed by atoms with Gasteiger partial charge in [0.15, 0.2) is 0 Å². The lowest BCUT2D eigenvalue weighted by molar-refractivity contribution is -0.158. The number of carbonyl (C=O) groups is 1. The molecule has 1 aliphatic carbocycles. The third-order valence-corrected chi connectivity index (χ3v) is 5.01. The Morgan fingerprint density at radius 2 is 2.14 bits per heavy atom. The molecule has 3 atom stereocenters. The highest BCUT2D eigenvalue weighted by Gasteiger charge is 2.74. The van der Waals surface area contributed by atoms with E-state index in [-0.39, 0.29) is 18.3 Å². The van der Waals surface area contributed by atoms with Crippen molar-refractivity contribution in [3.05, 3.63) is 0 Å². The van der Waals surface area contributed by atoms with Crippen LogP contribution in [0.3, 0.4) is 0 Å². The summed E-state index contributed by atoms with van der Waals surface area (Å²) < 4.78 is 44.0. The average molecular weight is 318 g/mol. The number of carbonyl (C=O) groups excluding carboxylic acids is 1. The van der Waals surface area contributed by atoms with Crippen molar-refractivity contribution in [3.8, 4) is 0 Å². The van der Waals surface area contributed by atoms with Gasteiger partial charge in [0.1, 0.15) is 5.60 Å². The highest BCUT2D eigenvalue weighted by molar-refractivity contribution is 6.45. The predicted molar refractivity (Wildman–Crippen MR) is 78.7 cm³/mol. The Kier molecular flexibility index (Phi) is 5.14. The third-order valence-electron chi connectivity index (χ3n) is 5.01. The Balaban J connectivity index is 2.02. The normalized spacial score (nSPS) is 32.0. The summed E-state index contributed by atoms with van der Waals surface area (Å²) in [6, 6.07) is 0. The van der Waals surface area contributed by atoms with Gasteiger partial charge in [-0.15, -0.1) is 0 Å². The Bertz CT molecular complexity index is 418. The lowest BCUT2D eigenvalue weighted by atomic mass is 9.56. The van der Waals surface area contributed by atoms with Gasteiger partial charge in [-0.05, 0) is 37.5 Å². The van der Waals surface area contributed by atoms with E-state index in [1.165, 1.54) is 0 Å². The largest absolute Gasteiger partial charge is 0.458 e. The second-order valence-electron chi connectivity index (χ2n) is 6.61. The maximum Gasteiger partial charge on any atom is 0.339 e. The topological polar surface area (TPSA) is 38.3 Å². The molecule has 3 unspecified atom stereocenters. The van der Waals surface area contributed by atoms with Crippen molar-refractivity contribution < 1.29 is 22.7 Å². The minimum Gasteiger partial charge on any atom is -0.458 e. The van der Waals surface area contributed by atoms with Gasteiger partial charge in [0.05, 0.1) is 5.92 Å². The van der Waals surface area contributed by atoms with Crippen molar-refractivity contribution >= 4 is 13.2 Å². The molecule has 7 heteroatoms. The number of rotatable bonds is 7. The molecule has 1 saturated carbocycles. The van der Waals surface area contributed by atoms with Gasteiger partial charge in [0.25, 0.3) is 7.28 Å². The third kappa shape index (κ3) is 3.61. The molecule has 0 aromatic carbocycles. The second-order valence-corrected chi connectivity index (χ2v) is 6.61. The van der Waals surface area contributed by atoms with Crippen molar-refractivity contribution in [1.29, 1.82) is 0 Å². The van der Waals surface area contributed by atoms with E-state index in [2.05, 4.69) is 5.32 Å². The molecule has 1 N–H and O–H groups in total. The molecule has 1 radical (unpaired) electrons. The number of esters is 1. The molecule has 1 saturated heterocycles. The van der Waals surface area contributed by atoms with Crippen LogP contribution in [0.1, 0.15) is 52.4 Å². The van der Waals surface area contributed by atoms with Crippen LogP contribution in [0.5, 0.6) is 0 Å². The summed E-state index contributed by atoms with van der Waals surface area (Å²) in [7, 11) is 0.446. The van der Waals surface area contributed by atoms with Crippen LogP contribution in [0.2, 0.25) is 5.31 Å². The average Bonchev–Trinajstić information content (AvgIpc) is 3.04. The van der Waals surface area contributed by atoms with Gasteiger partial charge in [-0.2, -0.15) is 13.2 Å². The lowest BCUT2D eigenvalue weighted by Gasteiger charge is -2.32. The number of piperidine rings is 1. The number of halogens is 3. The van der Waals surface area contributed by atoms with E-state index in [0.29, 0.717) is 33.2 Å². The van der Waals surface area contributed by atoms with Crippen molar-refractivity contribution in [3.63, 3.8) is 0 Å². The summed E-state index contributed by atoms with van der Waals surface area (Å²) >= 11 is 0. The van der Waals surface area contributed by atoms with Gasteiger partial charge in [-0.1, -0.05) is 26.7 Å². The summed E-state index contributed by atoms with van der Waals surface area (Å²) in [5, 5.41) is 2.05.